The molecule has 2 nitrogen and oxygen atoms in total. The Balaban J connectivity index is 1.97. The SMILES string of the molecule is O=C1C(=Cc2ccc(F)cc2)Oc2ccc(Br)cc21. The van der Waals surface area contributed by atoms with Gasteiger partial charge in [-0.25, -0.2) is 4.39 Å². The highest BCUT2D eigenvalue weighted by Crippen LogP contribution is 2.33. The van der Waals surface area contributed by atoms with Crippen LogP contribution in [0, 0.1) is 5.82 Å². The summed E-state index contributed by atoms with van der Waals surface area (Å²) in [6, 6.07) is 11.2. The number of hydrogen-bond donors (Lipinski definition) is 0. The number of carbonyl (C=O) groups is 1. The molecule has 0 fully saturated rings. The second-order valence-electron chi connectivity index (χ2n) is 4.13. The Morgan fingerprint density at radius 1 is 1.11 bits per heavy atom. The molecule has 0 saturated heterocycles. The minimum atomic E-state index is -0.312. The standard InChI is InChI=1S/C15H8BrFO2/c16-10-3-6-13-12(8-10)15(18)14(19-13)7-9-1-4-11(17)5-2-9/h1-8H. The number of carbonyl (C=O) groups excluding carboxylic acids is 1. The monoisotopic (exact) mass is 318 g/mol. The average Bonchev–Trinajstić information content (AvgIpc) is 2.70. The van der Waals surface area contributed by atoms with Crippen LogP contribution in [0.4, 0.5) is 4.39 Å². The summed E-state index contributed by atoms with van der Waals surface area (Å²) in [7, 11) is 0. The molecule has 94 valence electrons. The van der Waals surface area contributed by atoms with Crippen molar-refractivity contribution in [2.75, 3.05) is 0 Å². The maximum Gasteiger partial charge on any atom is 0.232 e. The van der Waals surface area contributed by atoms with E-state index in [-0.39, 0.29) is 17.4 Å². The number of hydrogen-bond acceptors (Lipinski definition) is 2. The molecule has 0 bridgehead atoms. The van der Waals surface area contributed by atoms with Crippen molar-refractivity contribution < 1.29 is 13.9 Å². The van der Waals surface area contributed by atoms with Crippen LogP contribution in [-0.2, 0) is 0 Å². The third kappa shape index (κ3) is 2.31. The number of benzene rings is 2. The molecule has 1 aliphatic rings. The van der Waals surface area contributed by atoms with Gasteiger partial charge in [0.05, 0.1) is 5.56 Å². The van der Waals surface area contributed by atoms with Crippen molar-refractivity contribution in [2.24, 2.45) is 0 Å². The molecule has 2 aromatic rings. The van der Waals surface area contributed by atoms with Crippen LogP contribution in [0.2, 0.25) is 0 Å². The lowest BCUT2D eigenvalue weighted by atomic mass is 10.1. The van der Waals surface area contributed by atoms with Gasteiger partial charge in [-0.3, -0.25) is 4.79 Å². The van der Waals surface area contributed by atoms with Gasteiger partial charge in [0.15, 0.2) is 5.76 Å². The molecule has 0 radical (unpaired) electrons. The molecule has 1 aliphatic heterocycles. The number of Topliss-reactive ketones (excluding diaryl/α,β-unsaturated/α-hetero) is 1. The number of fused-ring (bicyclic) bond motifs is 1. The Hall–Kier alpha value is -1.94. The maximum atomic E-state index is 12.8. The summed E-state index contributed by atoms with van der Waals surface area (Å²) >= 11 is 3.32. The smallest absolute Gasteiger partial charge is 0.232 e. The highest BCUT2D eigenvalue weighted by molar-refractivity contribution is 9.10. The van der Waals surface area contributed by atoms with Gasteiger partial charge in [-0.2, -0.15) is 0 Å². The van der Waals surface area contributed by atoms with Gasteiger partial charge >= 0.3 is 0 Å². The Kier molecular flexibility index (Phi) is 2.95. The van der Waals surface area contributed by atoms with Gasteiger partial charge < -0.3 is 4.74 Å². The van der Waals surface area contributed by atoms with Crippen molar-refractivity contribution in [3.05, 3.63) is 69.6 Å². The molecular formula is C15H8BrFO2. The Morgan fingerprint density at radius 2 is 1.84 bits per heavy atom. The molecule has 0 spiro atoms. The van der Waals surface area contributed by atoms with Crippen molar-refractivity contribution in [1.29, 1.82) is 0 Å². The summed E-state index contributed by atoms with van der Waals surface area (Å²) in [4.78, 5) is 12.1. The minimum absolute atomic E-state index is 0.166. The number of allylic oxidation sites excluding steroid dienone is 1. The van der Waals surface area contributed by atoms with E-state index in [1.54, 1.807) is 30.3 Å². The van der Waals surface area contributed by atoms with Crippen molar-refractivity contribution in [3.8, 4) is 5.75 Å². The fourth-order valence-corrected chi connectivity index (χ4v) is 2.23. The fourth-order valence-electron chi connectivity index (χ4n) is 1.87. The van der Waals surface area contributed by atoms with E-state index in [2.05, 4.69) is 15.9 Å². The molecule has 2 aromatic carbocycles. The first-order valence-corrected chi connectivity index (χ1v) is 6.42. The molecule has 4 heteroatoms. The third-order valence-electron chi connectivity index (χ3n) is 2.80. The maximum absolute atomic E-state index is 12.8. The summed E-state index contributed by atoms with van der Waals surface area (Å²) in [5.74, 6) is 0.315. The molecule has 19 heavy (non-hydrogen) atoms. The Bertz CT molecular complexity index is 690. The number of halogens is 2. The van der Waals surface area contributed by atoms with Crippen LogP contribution in [-0.4, -0.2) is 5.78 Å². The van der Waals surface area contributed by atoms with E-state index in [9.17, 15) is 9.18 Å². The molecule has 0 amide bonds. The lowest BCUT2D eigenvalue weighted by molar-refractivity contribution is 0.101. The Labute approximate surface area is 117 Å². The van der Waals surface area contributed by atoms with Gasteiger partial charge in [-0.15, -0.1) is 0 Å². The largest absolute Gasteiger partial charge is 0.452 e. The van der Waals surface area contributed by atoms with E-state index < -0.39 is 0 Å². The van der Waals surface area contributed by atoms with Crippen molar-refractivity contribution in [2.45, 2.75) is 0 Å². The predicted octanol–water partition coefficient (Wildman–Crippen LogP) is 4.20. The van der Waals surface area contributed by atoms with E-state index in [0.717, 1.165) is 10.0 Å². The molecule has 0 aromatic heterocycles. The van der Waals surface area contributed by atoms with Crippen LogP contribution < -0.4 is 4.74 Å². The van der Waals surface area contributed by atoms with Gasteiger partial charge in [0.2, 0.25) is 5.78 Å². The van der Waals surface area contributed by atoms with Crippen LogP contribution in [0.25, 0.3) is 6.08 Å². The fraction of sp³-hybridized carbons (Fsp3) is 0. The molecule has 0 aliphatic carbocycles. The molecule has 0 unspecified atom stereocenters. The van der Waals surface area contributed by atoms with E-state index in [4.69, 9.17) is 4.74 Å². The zero-order chi connectivity index (χ0) is 13.4. The van der Waals surface area contributed by atoms with Gasteiger partial charge in [0, 0.05) is 4.47 Å². The predicted molar refractivity (Wildman–Crippen MR) is 73.5 cm³/mol. The van der Waals surface area contributed by atoms with Crippen LogP contribution in [0.3, 0.4) is 0 Å². The quantitative estimate of drug-likeness (QED) is 0.736. The lowest BCUT2D eigenvalue weighted by Gasteiger charge is -1.98. The van der Waals surface area contributed by atoms with Crippen LogP contribution in [0.15, 0.2) is 52.7 Å². The van der Waals surface area contributed by atoms with Gasteiger partial charge in [0.1, 0.15) is 11.6 Å². The van der Waals surface area contributed by atoms with Crippen LogP contribution in [0.5, 0.6) is 5.75 Å². The van der Waals surface area contributed by atoms with E-state index in [1.165, 1.54) is 12.1 Å². The van der Waals surface area contributed by atoms with Gasteiger partial charge in [0.25, 0.3) is 0 Å². The molecule has 1 heterocycles. The first kappa shape index (κ1) is 12.1. The van der Waals surface area contributed by atoms with Crippen molar-refractivity contribution >= 4 is 27.8 Å². The highest BCUT2D eigenvalue weighted by Gasteiger charge is 2.27. The van der Waals surface area contributed by atoms with Crippen LogP contribution >= 0.6 is 15.9 Å². The first-order valence-electron chi connectivity index (χ1n) is 5.63. The lowest BCUT2D eigenvalue weighted by Crippen LogP contribution is -1.98. The Morgan fingerprint density at radius 3 is 2.58 bits per heavy atom. The zero-order valence-corrected chi connectivity index (χ0v) is 11.3. The zero-order valence-electron chi connectivity index (χ0n) is 9.69. The number of ether oxygens (including phenoxy) is 1. The number of rotatable bonds is 1. The summed E-state index contributed by atoms with van der Waals surface area (Å²) in [5.41, 5.74) is 1.25. The molecule has 0 N–H and O–H groups in total. The second kappa shape index (κ2) is 4.63. The second-order valence-corrected chi connectivity index (χ2v) is 5.05. The summed E-state index contributed by atoms with van der Waals surface area (Å²) in [6.45, 7) is 0. The summed E-state index contributed by atoms with van der Waals surface area (Å²) < 4.78 is 19.1. The molecular weight excluding hydrogens is 311 g/mol. The van der Waals surface area contributed by atoms with E-state index in [0.29, 0.717) is 11.3 Å². The average molecular weight is 319 g/mol. The minimum Gasteiger partial charge on any atom is -0.452 e. The molecule has 0 saturated carbocycles. The first-order chi connectivity index (χ1) is 9.13. The molecule has 3 rings (SSSR count). The van der Waals surface area contributed by atoms with Crippen molar-refractivity contribution in [3.63, 3.8) is 0 Å². The topological polar surface area (TPSA) is 26.3 Å². The normalized spacial score (nSPS) is 15.5. The highest BCUT2D eigenvalue weighted by atomic mass is 79.9. The third-order valence-corrected chi connectivity index (χ3v) is 3.29. The van der Waals surface area contributed by atoms with Crippen LogP contribution in [0.1, 0.15) is 15.9 Å². The summed E-state index contributed by atoms with van der Waals surface area (Å²) in [5, 5.41) is 0. The van der Waals surface area contributed by atoms with E-state index >= 15 is 0 Å². The van der Waals surface area contributed by atoms with Crippen molar-refractivity contribution in [1.82, 2.24) is 0 Å². The number of ketones is 1. The van der Waals surface area contributed by atoms with Gasteiger partial charge in [-0.1, -0.05) is 28.1 Å². The van der Waals surface area contributed by atoms with E-state index in [1.807, 2.05) is 6.07 Å². The van der Waals surface area contributed by atoms with Gasteiger partial charge in [-0.05, 0) is 42.0 Å². The molecule has 0 atom stereocenters. The summed E-state index contributed by atoms with van der Waals surface area (Å²) in [6.07, 6.45) is 1.61.